The van der Waals surface area contributed by atoms with Crippen LogP contribution in [0.5, 0.6) is 0 Å². The van der Waals surface area contributed by atoms with E-state index >= 15 is 0 Å². The number of aliphatic carboxylic acids is 1. The molecule has 11 N–H and O–H groups in total. The number of methoxy groups -OCH3 is 1. The van der Waals surface area contributed by atoms with Crippen LogP contribution in [0.15, 0.2) is 0 Å². The fourth-order valence-electron chi connectivity index (χ4n) is 0.161. The number of hydrogen-bond acceptors (Lipinski definition) is 17. The molecule has 356 valence electrons. The first-order chi connectivity index (χ1) is 19.7. The first-order valence-corrected chi connectivity index (χ1v) is 8.90. The van der Waals surface area contributed by atoms with Crippen LogP contribution in [0.3, 0.4) is 0 Å². The van der Waals surface area contributed by atoms with Gasteiger partial charge in [0.1, 0.15) is 0 Å². The molecule has 0 bridgehead atoms. The number of ether oxygens (including phenoxy) is 2. The summed E-state index contributed by atoms with van der Waals surface area (Å²) in [6, 6.07) is 1.50. The summed E-state index contributed by atoms with van der Waals surface area (Å²) in [4.78, 5) is 52.6. The number of aliphatic hydroxyl groups is 8. The van der Waals surface area contributed by atoms with Crippen molar-refractivity contribution in [3.8, 4) is 6.07 Å². The Hall–Kier alpha value is 4.73. The Bertz CT molecular complexity index is 361. The van der Waals surface area contributed by atoms with Crippen LogP contribution in [-0.2, 0) is 300 Å². The van der Waals surface area contributed by atoms with Gasteiger partial charge in [0, 0.05) is 319 Å². The molecule has 8 radical (unpaired) electrons. The SMILES string of the molecule is CO.CO.CO.CO.CO.CO.CO.CO[C-]=O.O.[CH-]=O.[CH2-]C#N.[CH2-]C(=O)O.[CH2-]C(=O)OCC.[CH2-]C=O.[CH2-]C=O.[CH2-]O.[CH3-].[CH3-].[CH3-].[CH3-].[CH3-].[CH3-].[CH3-].[CH3-].[Y].[Y].[Y].[Y].[Y].[Y].[Y].[Y]. The average Bonchev–Trinajstić information content (AvgIpc) is 3.03. The van der Waals surface area contributed by atoms with E-state index in [4.69, 9.17) is 75.2 Å². The van der Waals surface area contributed by atoms with Crippen molar-refractivity contribution >= 4 is 37.8 Å². The number of carboxylic acid groups (broad SMARTS) is 1. The predicted octanol–water partition coefficient (Wildman–Crippen LogP) is 0.265. The molecule has 0 aromatic carbocycles. The normalized spacial score (nSPS) is 2.98. The van der Waals surface area contributed by atoms with E-state index < -0.39 is 11.9 Å². The average molecular weight is 1470 g/mol. The van der Waals surface area contributed by atoms with E-state index in [9.17, 15) is 4.79 Å². The van der Waals surface area contributed by atoms with E-state index in [2.05, 4.69) is 58.0 Å². The molecule has 0 rings (SSSR count). The Morgan fingerprint density at radius 2 is 0.690 bits per heavy atom. The van der Waals surface area contributed by atoms with Crippen molar-refractivity contribution in [3.63, 3.8) is 0 Å². The van der Waals surface area contributed by atoms with Gasteiger partial charge in [-0.2, -0.15) is 0 Å². The Labute approximate surface area is 561 Å². The number of rotatable bonds is 2. The van der Waals surface area contributed by atoms with Crippen LogP contribution >= 0.6 is 0 Å². The maximum atomic E-state index is 9.71. The minimum Gasteiger partial charge on any atom is -0.655 e. The first-order valence-electron chi connectivity index (χ1n) is 8.90. The van der Waals surface area contributed by atoms with Gasteiger partial charge in [0.05, 0.1) is 6.61 Å². The van der Waals surface area contributed by atoms with Gasteiger partial charge in [0.2, 0.25) is 0 Å². The molecule has 0 fully saturated rings. The van der Waals surface area contributed by atoms with Gasteiger partial charge >= 0.3 is 0 Å². The number of esters is 1. The molecule has 19 nitrogen and oxygen atoms in total. The predicted molar refractivity (Wildman–Crippen MR) is 207 cm³/mol. The standard InChI is InChI=1S/C4H7O2.C2H2N.2C2H3O2.2C2H3O.7CH4O.CH3O.CHO.8CH3.H2O.8Y/c1-3-6-4(2)5;1-2-3;1-4-2-3;1-2(3)4;2*1-2-3;9*1-2;;;;;;;;;;;;;;;;;/h2-3H2,1H3;1H2;1H3;1H2,(H,3,4);2*2H,1H2;7*2H,1H3;2H,1H2;1H;8*1H3;1H2;;;;;;;;/q6*-1;;;;;;;;10*-1;;;;;;;;;. The van der Waals surface area contributed by atoms with Crippen LogP contribution in [0.2, 0.25) is 0 Å². The number of hydrogen-bond donors (Lipinski definition) is 9. The van der Waals surface area contributed by atoms with Crippen LogP contribution in [0.1, 0.15) is 6.92 Å². The zero-order valence-corrected chi connectivity index (χ0v) is 61.2. The zero-order chi connectivity index (χ0) is 38.1. The second-order valence-corrected chi connectivity index (χ2v) is 1.98. The summed E-state index contributed by atoms with van der Waals surface area (Å²) in [6.07, 6.45) is 1.00. The summed E-state index contributed by atoms with van der Waals surface area (Å²) in [5, 5.41) is 70.3. The zero-order valence-electron chi connectivity index (χ0n) is 38.5. The third kappa shape index (κ3) is 2840. The van der Waals surface area contributed by atoms with Crippen molar-refractivity contribution in [2.45, 2.75) is 6.92 Å². The third-order valence-corrected chi connectivity index (χ3v) is 0.389. The number of aldehydes is 2. The Morgan fingerprint density at radius 1 is 0.621 bits per heavy atom. The van der Waals surface area contributed by atoms with Gasteiger partial charge < -0.3 is 160 Å². The minimum atomic E-state index is -1.08. The van der Waals surface area contributed by atoms with Crippen molar-refractivity contribution in [3.05, 3.63) is 101 Å². The second kappa shape index (κ2) is 724. The van der Waals surface area contributed by atoms with Crippen molar-refractivity contribution in [2.75, 3.05) is 63.5 Å². The molecule has 0 amide bonds. The number of carboxylic acids is 1. The summed E-state index contributed by atoms with van der Waals surface area (Å²) in [5.41, 5.74) is 0. The van der Waals surface area contributed by atoms with Crippen LogP contribution < -0.4 is 0 Å². The number of aliphatic hydroxyl groups excluding tert-OH is 8. The van der Waals surface area contributed by atoms with Gasteiger partial charge in [-0.15, -0.1) is 6.07 Å². The summed E-state index contributed by atoms with van der Waals surface area (Å²) in [6.45, 7) is 20.5. The van der Waals surface area contributed by atoms with Crippen LogP contribution in [0.4, 0.5) is 0 Å². The summed E-state index contributed by atoms with van der Waals surface area (Å²) in [7, 11) is 10.5. The van der Waals surface area contributed by atoms with E-state index in [1.165, 1.54) is 19.7 Å². The van der Waals surface area contributed by atoms with E-state index in [1.807, 2.05) is 0 Å². The summed E-state index contributed by atoms with van der Waals surface area (Å²) >= 11 is 0. The molecule has 0 aromatic heterocycles. The van der Waals surface area contributed by atoms with Crippen molar-refractivity contribution in [2.24, 2.45) is 0 Å². The van der Waals surface area contributed by atoms with Crippen LogP contribution in [0, 0.1) is 112 Å². The molecule has 0 spiro atoms. The fraction of sp³-hybridized carbons (Fsp3) is 0.323. The molecule has 0 atom stereocenters. The smallest absolute Gasteiger partial charge is 0.164 e. The minimum absolute atomic E-state index is 0. The summed E-state index contributed by atoms with van der Waals surface area (Å²) in [5.74, 6) is -1.54. The van der Waals surface area contributed by atoms with Crippen LogP contribution in [-0.4, -0.2) is 153 Å². The molecule has 0 aliphatic rings. The number of nitriles is 1. The number of carbonyl (C=O) groups is 4. The topological polar surface area (TPSA) is 358 Å². The number of nitrogens with zero attached hydrogens (tertiary/aromatic N) is 1. The molecule has 0 aliphatic carbocycles. The van der Waals surface area contributed by atoms with Gasteiger partial charge in [-0.3, -0.25) is 30.2 Å². The first kappa shape index (κ1) is 253. The molecule has 0 aromatic rings. The molecule has 0 saturated carbocycles. The fourth-order valence-corrected chi connectivity index (χ4v) is 0.161. The van der Waals surface area contributed by atoms with Crippen molar-refractivity contribution in [1.82, 2.24) is 0 Å². The van der Waals surface area contributed by atoms with Gasteiger partial charge in [-0.25, -0.2) is 12.4 Å². The summed E-state index contributed by atoms with van der Waals surface area (Å²) < 4.78 is 8.03. The van der Waals surface area contributed by atoms with Gasteiger partial charge in [-0.1, -0.05) is 6.47 Å². The largest absolute Gasteiger partial charge is 0.655 e. The third-order valence-electron chi connectivity index (χ3n) is 0.389. The molecular weight excluding hydrogens is 1390 g/mol. The molecule has 0 unspecified atom stereocenters. The van der Waals surface area contributed by atoms with Crippen LogP contribution in [0.25, 0.3) is 0 Å². The van der Waals surface area contributed by atoms with Gasteiger partial charge in [0.25, 0.3) is 0 Å². The molecule has 0 aliphatic heterocycles. The maximum Gasteiger partial charge on any atom is 0.164 e. The van der Waals surface area contributed by atoms with E-state index in [-0.39, 0.29) is 327 Å². The second-order valence-electron chi connectivity index (χ2n) is 1.98. The Balaban J connectivity index is -0.00000000413. The van der Waals surface area contributed by atoms with Crippen molar-refractivity contribution < 1.29 is 351 Å². The van der Waals surface area contributed by atoms with Gasteiger partial charge in [-0.05, 0) is 19.5 Å². The Morgan fingerprint density at radius 3 is 0.690 bits per heavy atom. The molecule has 58 heavy (non-hydrogen) atoms. The van der Waals surface area contributed by atoms with E-state index in [0.717, 1.165) is 49.8 Å². The molecule has 0 saturated heterocycles. The van der Waals surface area contributed by atoms with E-state index in [1.54, 1.807) is 6.92 Å². The van der Waals surface area contributed by atoms with E-state index in [0.29, 0.717) is 19.2 Å². The molecular formula is C31H79NO18Y8-16. The Kier molecular flexibility index (Phi) is 3160. The van der Waals surface area contributed by atoms with Gasteiger partial charge in [0.15, 0.2) is 11.9 Å². The quantitative estimate of drug-likeness (QED) is 0.102. The maximum absolute atomic E-state index is 9.71. The monoisotopic (exact) mass is 1460 g/mol. The molecule has 27 heteroatoms. The molecule has 0 heterocycles. The van der Waals surface area contributed by atoms with Crippen molar-refractivity contribution in [1.29, 1.82) is 5.26 Å². The number of carbonyl (C=O) groups excluding carboxylic acids is 5.